The van der Waals surface area contributed by atoms with Gasteiger partial charge in [-0.3, -0.25) is 9.59 Å². The Morgan fingerprint density at radius 2 is 1.77 bits per heavy atom. The Kier molecular flexibility index (Phi) is 10.5. The second-order valence-corrected chi connectivity index (χ2v) is 9.72. The van der Waals surface area contributed by atoms with Gasteiger partial charge in [-0.15, -0.1) is 11.8 Å². The zero-order valence-electron chi connectivity index (χ0n) is 17.8. The molecule has 1 unspecified atom stereocenters. The molecule has 8 heteroatoms. The van der Waals surface area contributed by atoms with E-state index in [2.05, 4.69) is 5.32 Å². The molecule has 2 amide bonds. The molecule has 0 bridgehead atoms. The summed E-state index contributed by atoms with van der Waals surface area (Å²) in [5.41, 5.74) is 1.87. The molecule has 0 saturated carbocycles. The molecule has 2 aromatic rings. The lowest BCUT2D eigenvalue weighted by molar-refractivity contribution is -0.139. The molecule has 1 N–H and O–H groups in total. The van der Waals surface area contributed by atoms with Crippen molar-refractivity contribution in [1.29, 1.82) is 0 Å². The number of carbonyl (C=O) groups excluding carboxylic acids is 2. The highest BCUT2D eigenvalue weighted by molar-refractivity contribution is 7.99. The Hall–Kier alpha value is -1.40. The summed E-state index contributed by atoms with van der Waals surface area (Å²) in [4.78, 5) is 27.6. The predicted octanol–water partition coefficient (Wildman–Crippen LogP) is 6.21. The monoisotopic (exact) mass is 500 g/mol. The van der Waals surface area contributed by atoms with Crippen molar-refractivity contribution in [2.75, 3.05) is 5.75 Å². The molecule has 0 spiro atoms. The number of amides is 2. The number of thioether (sulfide) groups is 1. The van der Waals surface area contributed by atoms with Crippen LogP contribution in [0.4, 0.5) is 0 Å². The third-order valence-electron chi connectivity index (χ3n) is 4.54. The molecule has 2 aromatic carbocycles. The van der Waals surface area contributed by atoms with Crippen molar-refractivity contribution in [3.05, 3.63) is 68.7 Å². The molecular formula is C23H27Cl3N2O2S. The number of hydrogen-bond donors (Lipinski definition) is 1. The van der Waals surface area contributed by atoms with Gasteiger partial charge in [-0.25, -0.2) is 0 Å². The van der Waals surface area contributed by atoms with Crippen molar-refractivity contribution < 1.29 is 9.59 Å². The SMILES string of the molecule is CCC(C(=O)NC(C)C)N(Cc1ccc(Cl)c(Cl)c1)C(=O)CSCc1cccc(Cl)c1. The van der Waals surface area contributed by atoms with Crippen LogP contribution in [0.5, 0.6) is 0 Å². The van der Waals surface area contributed by atoms with Gasteiger partial charge in [0.1, 0.15) is 6.04 Å². The van der Waals surface area contributed by atoms with Crippen molar-refractivity contribution in [3.63, 3.8) is 0 Å². The van der Waals surface area contributed by atoms with Crippen LogP contribution in [0.1, 0.15) is 38.3 Å². The Bertz CT molecular complexity index is 908. The van der Waals surface area contributed by atoms with E-state index < -0.39 is 6.04 Å². The zero-order chi connectivity index (χ0) is 23.0. The van der Waals surface area contributed by atoms with E-state index in [1.165, 1.54) is 11.8 Å². The fourth-order valence-corrected chi connectivity index (χ4v) is 4.49. The summed E-state index contributed by atoms with van der Waals surface area (Å²) < 4.78 is 0. The lowest BCUT2D eigenvalue weighted by atomic mass is 10.1. The summed E-state index contributed by atoms with van der Waals surface area (Å²) in [6.45, 7) is 5.98. The van der Waals surface area contributed by atoms with E-state index in [1.807, 2.05) is 51.1 Å². The Morgan fingerprint density at radius 3 is 2.39 bits per heavy atom. The molecule has 0 aliphatic rings. The molecule has 1 atom stereocenters. The first-order valence-electron chi connectivity index (χ1n) is 10.1. The van der Waals surface area contributed by atoms with Crippen LogP contribution in [-0.2, 0) is 21.9 Å². The van der Waals surface area contributed by atoms with Gasteiger partial charge in [-0.1, -0.05) is 59.9 Å². The molecular weight excluding hydrogens is 475 g/mol. The largest absolute Gasteiger partial charge is 0.352 e. The third kappa shape index (κ3) is 8.23. The van der Waals surface area contributed by atoms with Gasteiger partial charge in [0, 0.05) is 23.4 Å². The average molecular weight is 502 g/mol. The first-order chi connectivity index (χ1) is 14.7. The van der Waals surface area contributed by atoms with Gasteiger partial charge < -0.3 is 10.2 Å². The summed E-state index contributed by atoms with van der Waals surface area (Å²) >= 11 is 19.7. The molecule has 31 heavy (non-hydrogen) atoms. The van der Waals surface area contributed by atoms with Gasteiger partial charge >= 0.3 is 0 Å². The van der Waals surface area contributed by atoms with Crippen molar-refractivity contribution in [2.24, 2.45) is 0 Å². The van der Waals surface area contributed by atoms with Crippen LogP contribution in [-0.4, -0.2) is 34.6 Å². The summed E-state index contributed by atoms with van der Waals surface area (Å²) in [7, 11) is 0. The maximum atomic E-state index is 13.2. The van der Waals surface area contributed by atoms with Gasteiger partial charge in [0.2, 0.25) is 11.8 Å². The van der Waals surface area contributed by atoms with E-state index in [0.717, 1.165) is 11.1 Å². The number of nitrogens with zero attached hydrogens (tertiary/aromatic N) is 1. The number of hydrogen-bond acceptors (Lipinski definition) is 3. The van der Waals surface area contributed by atoms with Crippen LogP contribution in [0.3, 0.4) is 0 Å². The topological polar surface area (TPSA) is 49.4 Å². The van der Waals surface area contributed by atoms with Crippen LogP contribution >= 0.6 is 46.6 Å². The first kappa shape index (κ1) is 25.9. The average Bonchev–Trinajstić information content (AvgIpc) is 2.70. The van der Waals surface area contributed by atoms with E-state index in [0.29, 0.717) is 27.2 Å². The maximum absolute atomic E-state index is 13.2. The van der Waals surface area contributed by atoms with Crippen LogP contribution in [0, 0.1) is 0 Å². The molecule has 0 fully saturated rings. The Labute approximate surface area is 203 Å². The Morgan fingerprint density at radius 1 is 1.03 bits per heavy atom. The molecule has 0 aliphatic carbocycles. The molecule has 0 aliphatic heterocycles. The van der Waals surface area contributed by atoms with Crippen molar-refractivity contribution in [1.82, 2.24) is 10.2 Å². The van der Waals surface area contributed by atoms with Gasteiger partial charge in [0.25, 0.3) is 0 Å². The van der Waals surface area contributed by atoms with Crippen LogP contribution in [0.25, 0.3) is 0 Å². The highest BCUT2D eigenvalue weighted by Crippen LogP contribution is 2.25. The normalized spacial score (nSPS) is 12.0. The summed E-state index contributed by atoms with van der Waals surface area (Å²) in [6, 6.07) is 12.2. The molecule has 0 radical (unpaired) electrons. The van der Waals surface area contributed by atoms with E-state index in [-0.39, 0.29) is 30.2 Å². The number of benzene rings is 2. The Balaban J connectivity index is 2.16. The lowest BCUT2D eigenvalue weighted by Gasteiger charge is -2.31. The van der Waals surface area contributed by atoms with Gasteiger partial charge in [-0.2, -0.15) is 0 Å². The predicted molar refractivity (Wildman–Crippen MR) is 132 cm³/mol. The highest BCUT2D eigenvalue weighted by atomic mass is 35.5. The van der Waals surface area contributed by atoms with Crippen molar-refractivity contribution in [2.45, 2.75) is 51.6 Å². The molecule has 168 valence electrons. The fourth-order valence-electron chi connectivity index (χ4n) is 3.10. The highest BCUT2D eigenvalue weighted by Gasteiger charge is 2.29. The van der Waals surface area contributed by atoms with Gasteiger partial charge in [0.15, 0.2) is 0 Å². The summed E-state index contributed by atoms with van der Waals surface area (Å²) in [6.07, 6.45) is 0.505. The number of nitrogens with one attached hydrogen (secondary N) is 1. The minimum absolute atomic E-state index is 0.0133. The van der Waals surface area contributed by atoms with Crippen molar-refractivity contribution >= 4 is 58.4 Å². The molecule has 4 nitrogen and oxygen atoms in total. The second-order valence-electron chi connectivity index (χ2n) is 7.48. The summed E-state index contributed by atoms with van der Waals surface area (Å²) in [5.74, 6) is 0.635. The molecule has 2 rings (SSSR count). The third-order valence-corrected chi connectivity index (χ3v) is 6.50. The second kappa shape index (κ2) is 12.6. The number of halogens is 3. The van der Waals surface area contributed by atoms with Crippen LogP contribution in [0.2, 0.25) is 15.1 Å². The molecule has 0 aromatic heterocycles. The molecule has 0 heterocycles. The smallest absolute Gasteiger partial charge is 0.243 e. The van der Waals surface area contributed by atoms with E-state index in [9.17, 15) is 9.59 Å². The number of rotatable bonds is 10. The quantitative estimate of drug-likeness (QED) is 0.421. The van der Waals surface area contributed by atoms with Crippen LogP contribution < -0.4 is 5.32 Å². The summed E-state index contributed by atoms with van der Waals surface area (Å²) in [5, 5.41) is 4.46. The van der Waals surface area contributed by atoms with E-state index >= 15 is 0 Å². The minimum atomic E-state index is -0.573. The lowest BCUT2D eigenvalue weighted by Crippen LogP contribution is -2.50. The maximum Gasteiger partial charge on any atom is 0.243 e. The van der Waals surface area contributed by atoms with Crippen LogP contribution in [0.15, 0.2) is 42.5 Å². The van der Waals surface area contributed by atoms with Gasteiger partial charge in [0.05, 0.1) is 15.8 Å². The van der Waals surface area contributed by atoms with Crippen molar-refractivity contribution in [3.8, 4) is 0 Å². The van der Waals surface area contributed by atoms with E-state index in [1.54, 1.807) is 17.0 Å². The first-order valence-corrected chi connectivity index (χ1v) is 12.4. The van der Waals surface area contributed by atoms with Gasteiger partial charge in [-0.05, 0) is 55.7 Å². The number of carbonyl (C=O) groups is 2. The standard InChI is InChI=1S/C23H27Cl3N2O2S/c1-4-21(23(30)27-15(2)3)28(12-16-8-9-19(25)20(26)11-16)22(29)14-31-13-17-6-5-7-18(24)10-17/h5-11,15,21H,4,12-14H2,1-3H3,(H,27,30). The fraction of sp³-hybridized carbons (Fsp3) is 0.391. The molecule has 0 saturated heterocycles. The zero-order valence-corrected chi connectivity index (χ0v) is 20.9. The van der Waals surface area contributed by atoms with E-state index in [4.69, 9.17) is 34.8 Å². The minimum Gasteiger partial charge on any atom is -0.352 e.